The molecule has 1 rings (SSSR count). The number of nitrogens with one attached hydrogen (secondary N) is 2. The van der Waals surface area contributed by atoms with Crippen LogP contribution >= 0.6 is 27.7 Å². The van der Waals surface area contributed by atoms with Crippen LogP contribution in [0.15, 0.2) is 27.6 Å². The number of carbonyl (C=O) groups is 3. The minimum Gasteiger partial charge on any atom is -0.478 e. The van der Waals surface area contributed by atoms with Crippen LogP contribution in [0.3, 0.4) is 0 Å². The zero-order chi connectivity index (χ0) is 15.1. The molecule has 108 valence electrons. The SMILES string of the molecule is CCNC(=O)NC(=O)CSc1ccc(Br)c(C(=O)O)c1. The Morgan fingerprint density at radius 3 is 2.65 bits per heavy atom. The maximum atomic E-state index is 11.5. The van der Waals surface area contributed by atoms with Gasteiger partial charge in [-0.15, -0.1) is 11.8 Å². The van der Waals surface area contributed by atoms with E-state index in [2.05, 4.69) is 26.6 Å². The Labute approximate surface area is 128 Å². The second-order valence-corrected chi connectivity index (χ2v) is 5.55. The normalized spacial score (nSPS) is 9.90. The van der Waals surface area contributed by atoms with E-state index in [-0.39, 0.29) is 11.3 Å². The van der Waals surface area contributed by atoms with Crippen LogP contribution in [0.2, 0.25) is 0 Å². The van der Waals surface area contributed by atoms with Crippen LogP contribution in [-0.4, -0.2) is 35.3 Å². The molecule has 0 unspecified atom stereocenters. The lowest BCUT2D eigenvalue weighted by molar-refractivity contribution is -0.117. The lowest BCUT2D eigenvalue weighted by Gasteiger charge is -2.06. The standard InChI is InChI=1S/C12H13BrN2O4S/c1-2-14-12(19)15-10(16)6-20-7-3-4-9(13)8(5-7)11(17)18/h3-5H,2,6H2,1H3,(H,17,18)(H2,14,15,16,19). The molecule has 3 amide bonds. The van der Waals surface area contributed by atoms with Crippen molar-refractivity contribution in [2.45, 2.75) is 11.8 Å². The number of urea groups is 1. The molecule has 3 N–H and O–H groups in total. The molecule has 0 fully saturated rings. The number of imide groups is 1. The highest BCUT2D eigenvalue weighted by atomic mass is 79.9. The second kappa shape index (κ2) is 7.91. The van der Waals surface area contributed by atoms with E-state index >= 15 is 0 Å². The topological polar surface area (TPSA) is 95.5 Å². The maximum absolute atomic E-state index is 11.5. The predicted octanol–water partition coefficient (Wildman–Crippen LogP) is 2.09. The van der Waals surface area contributed by atoms with Crippen LogP contribution in [0.25, 0.3) is 0 Å². The summed E-state index contributed by atoms with van der Waals surface area (Å²) in [4.78, 5) is 34.2. The fourth-order valence-electron chi connectivity index (χ4n) is 1.27. The molecular formula is C12H13BrN2O4S. The zero-order valence-electron chi connectivity index (χ0n) is 10.6. The van der Waals surface area contributed by atoms with Crippen molar-refractivity contribution in [3.8, 4) is 0 Å². The summed E-state index contributed by atoms with van der Waals surface area (Å²) in [5.74, 6) is -1.47. The van der Waals surface area contributed by atoms with Crippen LogP contribution in [0.5, 0.6) is 0 Å². The number of carboxylic acids is 1. The van der Waals surface area contributed by atoms with Crippen LogP contribution in [-0.2, 0) is 4.79 Å². The summed E-state index contributed by atoms with van der Waals surface area (Å²) in [6.07, 6.45) is 0. The van der Waals surface area contributed by atoms with Gasteiger partial charge in [-0.1, -0.05) is 0 Å². The van der Waals surface area contributed by atoms with Crippen molar-refractivity contribution in [3.05, 3.63) is 28.2 Å². The number of aromatic carboxylic acids is 1. The molecule has 6 nitrogen and oxygen atoms in total. The van der Waals surface area contributed by atoms with E-state index in [9.17, 15) is 14.4 Å². The quantitative estimate of drug-likeness (QED) is 0.698. The Bertz CT molecular complexity index is 536. The average molecular weight is 361 g/mol. The van der Waals surface area contributed by atoms with Crippen molar-refractivity contribution in [2.75, 3.05) is 12.3 Å². The van der Waals surface area contributed by atoms with E-state index in [0.717, 1.165) is 11.8 Å². The molecule has 0 radical (unpaired) electrons. The Balaban J connectivity index is 2.58. The predicted molar refractivity (Wildman–Crippen MR) is 79.0 cm³/mol. The van der Waals surface area contributed by atoms with Gasteiger partial charge in [-0.2, -0.15) is 0 Å². The molecule has 0 spiro atoms. The van der Waals surface area contributed by atoms with Crippen molar-refractivity contribution >= 4 is 45.6 Å². The number of hydrogen-bond acceptors (Lipinski definition) is 4. The van der Waals surface area contributed by atoms with Gasteiger partial charge in [0.15, 0.2) is 0 Å². The van der Waals surface area contributed by atoms with Crippen molar-refractivity contribution < 1.29 is 19.5 Å². The van der Waals surface area contributed by atoms with Crippen molar-refractivity contribution in [1.82, 2.24) is 10.6 Å². The van der Waals surface area contributed by atoms with Crippen LogP contribution in [0.1, 0.15) is 17.3 Å². The van der Waals surface area contributed by atoms with Gasteiger partial charge in [-0.05, 0) is 41.1 Å². The first-order chi connectivity index (χ1) is 9.43. The Morgan fingerprint density at radius 2 is 2.05 bits per heavy atom. The molecule has 0 bridgehead atoms. The maximum Gasteiger partial charge on any atom is 0.336 e. The first-order valence-corrected chi connectivity index (χ1v) is 7.45. The van der Waals surface area contributed by atoms with E-state index in [1.54, 1.807) is 19.1 Å². The van der Waals surface area contributed by atoms with Gasteiger partial charge in [0.05, 0.1) is 11.3 Å². The molecule has 20 heavy (non-hydrogen) atoms. The number of carboxylic acid groups (broad SMARTS) is 1. The molecule has 0 aliphatic heterocycles. The molecule has 1 aromatic carbocycles. The molecule has 0 aliphatic carbocycles. The smallest absolute Gasteiger partial charge is 0.336 e. The minimum absolute atomic E-state index is 0.0256. The van der Waals surface area contributed by atoms with Crippen molar-refractivity contribution in [2.24, 2.45) is 0 Å². The van der Waals surface area contributed by atoms with E-state index < -0.39 is 17.9 Å². The van der Waals surface area contributed by atoms with Gasteiger partial charge in [0, 0.05) is 15.9 Å². The van der Waals surface area contributed by atoms with Crippen LogP contribution < -0.4 is 10.6 Å². The summed E-state index contributed by atoms with van der Waals surface area (Å²) >= 11 is 4.29. The first-order valence-electron chi connectivity index (χ1n) is 5.67. The Morgan fingerprint density at radius 1 is 1.35 bits per heavy atom. The summed E-state index contributed by atoms with van der Waals surface area (Å²) in [5, 5.41) is 13.6. The Hall–Kier alpha value is -1.54. The van der Waals surface area contributed by atoms with Gasteiger partial charge in [0.25, 0.3) is 0 Å². The Kier molecular flexibility index (Phi) is 6.53. The minimum atomic E-state index is -1.05. The number of carbonyl (C=O) groups excluding carboxylic acids is 2. The molecule has 0 atom stereocenters. The van der Waals surface area contributed by atoms with Gasteiger partial charge in [0.2, 0.25) is 5.91 Å². The number of thioether (sulfide) groups is 1. The summed E-state index contributed by atoms with van der Waals surface area (Å²) < 4.78 is 0.473. The number of rotatable bonds is 5. The lowest BCUT2D eigenvalue weighted by Crippen LogP contribution is -2.40. The van der Waals surface area contributed by atoms with Gasteiger partial charge >= 0.3 is 12.0 Å². The van der Waals surface area contributed by atoms with Crippen molar-refractivity contribution in [1.29, 1.82) is 0 Å². The number of hydrogen-bond donors (Lipinski definition) is 3. The number of halogens is 1. The largest absolute Gasteiger partial charge is 0.478 e. The van der Waals surface area contributed by atoms with E-state index in [1.807, 2.05) is 0 Å². The van der Waals surface area contributed by atoms with E-state index in [4.69, 9.17) is 5.11 Å². The monoisotopic (exact) mass is 360 g/mol. The molecule has 0 heterocycles. The van der Waals surface area contributed by atoms with Gasteiger partial charge in [-0.25, -0.2) is 9.59 Å². The van der Waals surface area contributed by atoms with Crippen molar-refractivity contribution in [3.63, 3.8) is 0 Å². The van der Waals surface area contributed by atoms with E-state index in [1.165, 1.54) is 6.07 Å². The highest BCUT2D eigenvalue weighted by Gasteiger charge is 2.11. The average Bonchev–Trinajstić information content (AvgIpc) is 2.37. The fourth-order valence-corrected chi connectivity index (χ4v) is 2.43. The molecule has 0 saturated heterocycles. The van der Waals surface area contributed by atoms with Gasteiger partial charge in [-0.3, -0.25) is 10.1 Å². The lowest BCUT2D eigenvalue weighted by atomic mass is 10.2. The zero-order valence-corrected chi connectivity index (χ0v) is 13.0. The highest BCUT2D eigenvalue weighted by Crippen LogP contribution is 2.24. The molecule has 0 saturated carbocycles. The molecule has 0 aliphatic rings. The summed E-state index contributed by atoms with van der Waals surface area (Å²) in [5.41, 5.74) is 0.124. The third-order valence-corrected chi connectivity index (χ3v) is 3.81. The fraction of sp³-hybridized carbons (Fsp3) is 0.250. The first kappa shape index (κ1) is 16.5. The third kappa shape index (κ3) is 5.22. The van der Waals surface area contributed by atoms with Gasteiger partial charge in [0.1, 0.15) is 0 Å². The molecule has 1 aromatic rings. The van der Waals surface area contributed by atoms with Crippen LogP contribution in [0.4, 0.5) is 4.79 Å². The molecule has 8 heteroatoms. The van der Waals surface area contributed by atoms with E-state index in [0.29, 0.717) is 15.9 Å². The number of amides is 3. The third-order valence-electron chi connectivity index (χ3n) is 2.13. The summed E-state index contributed by atoms with van der Waals surface area (Å²) in [6, 6.07) is 4.23. The summed E-state index contributed by atoms with van der Waals surface area (Å²) in [6.45, 7) is 2.18. The van der Waals surface area contributed by atoms with Crippen LogP contribution in [0, 0.1) is 0 Å². The van der Waals surface area contributed by atoms with Gasteiger partial charge < -0.3 is 10.4 Å². The second-order valence-electron chi connectivity index (χ2n) is 3.64. The number of benzene rings is 1. The molecular weight excluding hydrogens is 348 g/mol. The summed E-state index contributed by atoms with van der Waals surface area (Å²) in [7, 11) is 0. The molecule has 0 aromatic heterocycles. The highest BCUT2D eigenvalue weighted by molar-refractivity contribution is 9.10.